The predicted molar refractivity (Wildman–Crippen MR) is 128 cm³/mol. The van der Waals surface area contributed by atoms with Crippen LogP contribution in [-0.2, 0) is 28.9 Å². The molecule has 1 unspecified atom stereocenters. The van der Waals surface area contributed by atoms with Gasteiger partial charge in [-0.05, 0) is 37.6 Å². The molecule has 2 aromatic rings. The summed E-state index contributed by atoms with van der Waals surface area (Å²) < 4.78 is 35.6. The Morgan fingerprint density at radius 3 is 2.20 bits per heavy atom. The lowest BCUT2D eigenvalue weighted by molar-refractivity contribution is -0.139. The number of nitrogens with two attached hydrogens (primary N) is 1. The zero-order valence-corrected chi connectivity index (χ0v) is 20.5. The highest BCUT2D eigenvalue weighted by Gasteiger charge is 2.43. The number of ether oxygens (including phenoxy) is 2. The van der Waals surface area contributed by atoms with Gasteiger partial charge in [0.05, 0.1) is 47.5 Å². The Labute approximate surface area is 204 Å². The predicted octanol–water partition coefficient (Wildman–Crippen LogP) is 2.77. The molecule has 9 nitrogen and oxygen atoms in total. The molecule has 0 saturated carbocycles. The van der Waals surface area contributed by atoms with Gasteiger partial charge in [0, 0.05) is 5.69 Å². The number of anilines is 1. The van der Waals surface area contributed by atoms with E-state index in [1.54, 1.807) is 44.2 Å². The minimum Gasteiger partial charge on any atom is -0.466 e. The molecule has 1 aliphatic rings. The van der Waals surface area contributed by atoms with Gasteiger partial charge in [0.15, 0.2) is 9.84 Å². The molecule has 1 heterocycles. The molecular weight excluding hydrogens is 470 g/mol. The van der Waals surface area contributed by atoms with Gasteiger partial charge in [0.25, 0.3) is 0 Å². The average Bonchev–Trinajstić information content (AvgIpc) is 2.87. The van der Waals surface area contributed by atoms with Gasteiger partial charge in [0.2, 0.25) is 0 Å². The lowest BCUT2D eigenvalue weighted by atomic mass is 9.81. The minimum atomic E-state index is -3.68. The highest BCUT2D eigenvalue weighted by Crippen LogP contribution is 2.43. The minimum absolute atomic E-state index is 0.00896. The van der Waals surface area contributed by atoms with Crippen LogP contribution in [0.4, 0.5) is 5.69 Å². The fourth-order valence-corrected chi connectivity index (χ4v) is 4.95. The molecule has 0 spiro atoms. The van der Waals surface area contributed by atoms with Crippen LogP contribution in [0.25, 0.3) is 0 Å². The Kier molecular flexibility index (Phi) is 7.31. The third kappa shape index (κ3) is 4.50. The number of rotatable bonds is 6. The second-order valence-corrected chi connectivity index (χ2v) is 10.4. The van der Waals surface area contributed by atoms with E-state index in [-0.39, 0.29) is 33.2 Å². The third-order valence-corrected chi connectivity index (χ3v) is 7.79. The Bertz CT molecular complexity index is 1370. The van der Waals surface area contributed by atoms with E-state index in [0.717, 1.165) is 19.1 Å². The summed E-state index contributed by atoms with van der Waals surface area (Å²) in [4.78, 5) is 27.3. The van der Waals surface area contributed by atoms with E-state index in [9.17, 15) is 23.3 Å². The lowest BCUT2D eigenvalue weighted by Gasteiger charge is -2.36. The first kappa shape index (κ1) is 25.5. The highest BCUT2D eigenvalue weighted by atomic mass is 32.2. The van der Waals surface area contributed by atoms with Gasteiger partial charge in [-0.25, -0.2) is 18.0 Å². The number of carbonyl (C=O) groups excluding carboxylic acids is 2. The van der Waals surface area contributed by atoms with Crippen molar-refractivity contribution in [3.8, 4) is 6.07 Å². The average molecular weight is 496 g/mol. The quantitative estimate of drug-likeness (QED) is 0.599. The maximum Gasteiger partial charge on any atom is 0.355 e. The first-order chi connectivity index (χ1) is 16.6. The summed E-state index contributed by atoms with van der Waals surface area (Å²) in [6.45, 7) is 3.09. The number of hydrogen-bond donors (Lipinski definition) is 1. The SMILES string of the molecule is COC(=O)C1=C(C(=O)OC)N(c2cccc(S(=O)(=O)C(C)C)c2)C(N)=C(C#N)C1c1ccccc1. The van der Waals surface area contributed by atoms with Crippen molar-refractivity contribution in [2.45, 2.75) is 29.9 Å². The van der Waals surface area contributed by atoms with Crippen molar-refractivity contribution in [2.24, 2.45) is 5.73 Å². The molecule has 1 aliphatic heterocycles. The molecule has 182 valence electrons. The smallest absolute Gasteiger partial charge is 0.355 e. The maximum absolute atomic E-state index is 13.1. The molecule has 0 amide bonds. The van der Waals surface area contributed by atoms with Crippen molar-refractivity contribution in [1.29, 1.82) is 5.26 Å². The van der Waals surface area contributed by atoms with Crippen LogP contribution in [0.5, 0.6) is 0 Å². The molecule has 0 bridgehead atoms. The number of hydrogen-bond acceptors (Lipinski definition) is 9. The number of methoxy groups -OCH3 is 2. The van der Waals surface area contributed by atoms with Crippen LogP contribution in [-0.4, -0.2) is 39.8 Å². The van der Waals surface area contributed by atoms with Gasteiger partial charge in [-0.15, -0.1) is 0 Å². The topological polar surface area (TPSA) is 140 Å². The molecule has 3 rings (SSSR count). The first-order valence-corrected chi connectivity index (χ1v) is 12.1. The number of nitrogens with zero attached hydrogens (tertiary/aromatic N) is 2. The molecule has 35 heavy (non-hydrogen) atoms. The molecule has 10 heteroatoms. The van der Waals surface area contributed by atoms with Crippen LogP contribution in [0.15, 0.2) is 82.2 Å². The van der Waals surface area contributed by atoms with Crippen LogP contribution >= 0.6 is 0 Å². The summed E-state index contributed by atoms with van der Waals surface area (Å²) >= 11 is 0. The molecule has 0 aromatic heterocycles. The largest absolute Gasteiger partial charge is 0.466 e. The standard InChI is InChI=1S/C25H25N3O6S/c1-15(2)35(31,32)18-12-8-11-17(13-18)28-22(25(30)34-4)21(24(29)33-3)20(19(14-26)23(28)27)16-9-6-5-7-10-16/h5-13,15,20H,27H2,1-4H3. The highest BCUT2D eigenvalue weighted by molar-refractivity contribution is 7.92. The van der Waals surface area contributed by atoms with E-state index in [4.69, 9.17) is 15.2 Å². The van der Waals surface area contributed by atoms with Crippen molar-refractivity contribution in [1.82, 2.24) is 0 Å². The molecule has 0 aliphatic carbocycles. The molecule has 0 saturated heterocycles. The van der Waals surface area contributed by atoms with Crippen LogP contribution in [0.1, 0.15) is 25.3 Å². The Morgan fingerprint density at radius 1 is 1.03 bits per heavy atom. The molecule has 1 atom stereocenters. The van der Waals surface area contributed by atoms with Crippen LogP contribution in [0.3, 0.4) is 0 Å². The molecular formula is C25H25N3O6S. The van der Waals surface area contributed by atoms with Gasteiger partial charge in [-0.3, -0.25) is 4.90 Å². The number of allylic oxidation sites excluding steroid dienone is 1. The number of benzene rings is 2. The summed E-state index contributed by atoms with van der Waals surface area (Å²) in [5.41, 5.74) is 6.68. The van der Waals surface area contributed by atoms with Crippen molar-refractivity contribution < 1.29 is 27.5 Å². The van der Waals surface area contributed by atoms with Crippen LogP contribution in [0, 0.1) is 11.3 Å². The second kappa shape index (κ2) is 10.0. The van der Waals surface area contributed by atoms with E-state index in [0.29, 0.717) is 5.56 Å². The van der Waals surface area contributed by atoms with Crippen LogP contribution in [0.2, 0.25) is 0 Å². The van der Waals surface area contributed by atoms with E-state index in [1.807, 2.05) is 0 Å². The maximum atomic E-state index is 13.1. The number of carbonyl (C=O) groups is 2. The van der Waals surface area contributed by atoms with E-state index in [2.05, 4.69) is 6.07 Å². The van der Waals surface area contributed by atoms with Gasteiger partial charge in [-0.1, -0.05) is 36.4 Å². The Hall–Kier alpha value is -4.10. The number of nitriles is 1. The third-order valence-electron chi connectivity index (χ3n) is 5.64. The monoisotopic (exact) mass is 495 g/mol. The Morgan fingerprint density at radius 2 is 1.66 bits per heavy atom. The van der Waals surface area contributed by atoms with Crippen molar-refractivity contribution in [3.63, 3.8) is 0 Å². The van der Waals surface area contributed by atoms with E-state index >= 15 is 0 Å². The number of sulfone groups is 1. The summed E-state index contributed by atoms with van der Waals surface area (Å²) in [5, 5.41) is 9.36. The van der Waals surface area contributed by atoms with Gasteiger partial charge in [-0.2, -0.15) is 5.26 Å². The zero-order chi connectivity index (χ0) is 25.9. The van der Waals surface area contributed by atoms with Gasteiger partial charge < -0.3 is 15.2 Å². The van der Waals surface area contributed by atoms with E-state index < -0.39 is 32.9 Å². The lowest BCUT2D eigenvalue weighted by Crippen LogP contribution is -2.40. The molecule has 2 N–H and O–H groups in total. The zero-order valence-electron chi connectivity index (χ0n) is 19.7. The second-order valence-electron chi connectivity index (χ2n) is 7.93. The van der Waals surface area contributed by atoms with Crippen molar-refractivity contribution in [3.05, 3.63) is 82.8 Å². The van der Waals surface area contributed by atoms with Gasteiger partial charge >= 0.3 is 11.9 Å². The normalized spacial score (nSPS) is 16.2. The fraction of sp³-hybridized carbons (Fsp3) is 0.240. The fourth-order valence-electron chi connectivity index (χ4n) is 3.85. The van der Waals surface area contributed by atoms with Gasteiger partial charge in [0.1, 0.15) is 11.5 Å². The summed E-state index contributed by atoms with van der Waals surface area (Å²) in [6, 6.07) is 16.4. The molecule has 0 fully saturated rings. The van der Waals surface area contributed by atoms with Crippen molar-refractivity contribution in [2.75, 3.05) is 19.1 Å². The van der Waals surface area contributed by atoms with Crippen molar-refractivity contribution >= 4 is 27.5 Å². The summed E-state index contributed by atoms with van der Waals surface area (Å²) in [6.07, 6.45) is 0. The summed E-state index contributed by atoms with van der Waals surface area (Å²) in [5.74, 6) is -2.94. The molecule has 0 radical (unpaired) electrons. The Balaban J connectivity index is 2.41. The number of esters is 2. The van der Waals surface area contributed by atoms with Crippen LogP contribution < -0.4 is 10.6 Å². The summed E-state index contributed by atoms with van der Waals surface area (Å²) in [7, 11) is -1.39. The first-order valence-electron chi connectivity index (χ1n) is 10.6. The molecule has 2 aromatic carbocycles. The van der Waals surface area contributed by atoms with E-state index in [1.165, 1.54) is 24.3 Å².